The van der Waals surface area contributed by atoms with Crippen LogP contribution in [0.25, 0.3) is 21.5 Å². The molecule has 0 fully saturated rings. The molecular weight excluding hydrogens is 1200 g/mol. The van der Waals surface area contributed by atoms with Crippen molar-refractivity contribution >= 4 is 160 Å². The van der Waals surface area contributed by atoms with Crippen molar-refractivity contribution in [1.82, 2.24) is 0 Å². The van der Waals surface area contributed by atoms with Crippen molar-refractivity contribution in [2.75, 3.05) is 23.8 Å². The maximum Gasteiger partial charge on any atom is 2.00 e. The normalized spacial score (nSPS) is 11.5. The van der Waals surface area contributed by atoms with E-state index in [4.69, 9.17) is 32.7 Å². The fourth-order valence-electron chi connectivity index (χ4n) is 7.74. The molecule has 0 radical (unpaired) electrons. The van der Waals surface area contributed by atoms with Gasteiger partial charge < -0.3 is 34.9 Å². The van der Waals surface area contributed by atoms with Crippen molar-refractivity contribution in [2.24, 2.45) is 20.5 Å². The topological polar surface area (TPSA) is 281 Å². The molecule has 0 aliphatic carbocycles. The van der Waals surface area contributed by atoms with Crippen LogP contribution in [0.15, 0.2) is 164 Å². The second-order valence-electron chi connectivity index (χ2n) is 16.3. The molecule has 77 heavy (non-hydrogen) atoms. The van der Waals surface area contributed by atoms with Crippen LogP contribution in [-0.4, -0.2) is 105 Å². The molecule has 0 saturated carbocycles. The Morgan fingerprint density at radius 1 is 0.584 bits per heavy atom. The number of ether oxygens (including phenoxy) is 2. The molecule has 0 aliphatic rings. The van der Waals surface area contributed by atoms with Gasteiger partial charge in [0.25, 0.3) is 21.9 Å². The monoisotopic (exact) mass is 1240 g/mol. The molecule has 8 aromatic rings. The average Bonchev–Trinajstić information content (AvgIpc) is 3.39. The number of nitrogens with zero attached hydrogens (tertiary/aromatic N) is 4. The van der Waals surface area contributed by atoms with Gasteiger partial charge in [-0.1, -0.05) is 103 Å². The zero-order chi connectivity index (χ0) is 54.9. The van der Waals surface area contributed by atoms with Crippen LogP contribution < -0.4 is 25.2 Å². The second kappa shape index (κ2) is 26.3. The summed E-state index contributed by atoms with van der Waals surface area (Å²) in [6.45, 7) is 8.26. The summed E-state index contributed by atoms with van der Waals surface area (Å²) < 4.78 is 80.5. The second-order valence-corrected chi connectivity index (χ2v) is 19.7. The number of nitrogens with one attached hydrogen (secondary N) is 2. The Hall–Kier alpha value is -6.41. The summed E-state index contributed by atoms with van der Waals surface area (Å²) >= 11 is 12.4. The average molecular weight is 1240 g/mol. The first-order valence-corrected chi connectivity index (χ1v) is 26.8. The van der Waals surface area contributed by atoms with Crippen molar-refractivity contribution in [3.63, 3.8) is 0 Å². The number of phenolic OH excluding ortho intramolecular Hbond substituents is 1. The quantitative estimate of drug-likeness (QED) is 0.0399. The number of fused-ring (bicyclic) bond motifs is 2. The minimum absolute atomic E-state index is 0. The predicted molar refractivity (Wildman–Crippen MR) is 294 cm³/mol. The molecule has 0 aliphatic heterocycles. The van der Waals surface area contributed by atoms with E-state index in [2.05, 4.69) is 31.1 Å². The Balaban J connectivity index is 0.000000246. The van der Waals surface area contributed by atoms with Crippen molar-refractivity contribution < 1.29 is 55.2 Å². The molecule has 0 spiro atoms. The standard InChI is InChI=1S/2C27H24ClN3O6S.Ba/c2*1-3-16-9-14-22(26(23(16)28)38(34,35)36)30-31-24-20-8-6-5-7-17(20)15-21(25(24)32)27(33)29-18-10-12-19(13-11-18)37-4-2;/h2*5-15,32H,3-4H2,1-2H3,(H,29,33)(H,34,35,36);/q;;+2/p-2. The maximum absolute atomic E-state index is 13.4. The number of carbonyl (C=O) groups is 2. The van der Waals surface area contributed by atoms with E-state index in [9.17, 15) is 45.7 Å². The Morgan fingerprint density at radius 3 is 1.45 bits per heavy atom. The molecule has 8 aromatic carbocycles. The van der Waals surface area contributed by atoms with Gasteiger partial charge in [0.2, 0.25) is 0 Å². The number of benzene rings is 8. The summed E-state index contributed by atoms with van der Waals surface area (Å²) in [5.74, 6) is -1.16. The molecule has 18 nitrogen and oxygen atoms in total. The third kappa shape index (κ3) is 14.2. The largest absolute Gasteiger partial charge is 2.00 e. The van der Waals surface area contributed by atoms with E-state index >= 15 is 0 Å². The molecule has 8 rings (SSSR count). The number of carbonyl (C=O) groups excluding carboxylic acids is 2. The van der Waals surface area contributed by atoms with Gasteiger partial charge in [0.15, 0.2) is 5.75 Å². The molecule has 392 valence electrons. The minimum Gasteiger partial charge on any atom is -0.870 e. The number of rotatable bonds is 16. The van der Waals surface area contributed by atoms with Gasteiger partial charge >= 0.3 is 48.9 Å². The zero-order valence-corrected chi connectivity index (χ0v) is 49.2. The van der Waals surface area contributed by atoms with Crippen molar-refractivity contribution in [2.45, 2.75) is 50.3 Å². The van der Waals surface area contributed by atoms with Crippen LogP contribution in [0.2, 0.25) is 10.0 Å². The summed E-state index contributed by atoms with van der Waals surface area (Å²) in [6, 6.07) is 35.8. The fourth-order valence-corrected chi connectivity index (χ4v) is 10.3. The molecule has 0 heterocycles. The van der Waals surface area contributed by atoms with Crippen LogP contribution in [0.4, 0.5) is 34.1 Å². The van der Waals surface area contributed by atoms with Gasteiger partial charge in [-0.2, -0.15) is 13.5 Å². The molecular formula is C54H46BaCl2N6O12S2. The summed E-state index contributed by atoms with van der Waals surface area (Å²) in [6.07, 6.45) is 0.815. The first kappa shape index (κ1) is 59.8. The first-order chi connectivity index (χ1) is 36.3. The van der Waals surface area contributed by atoms with Crippen LogP contribution in [0.5, 0.6) is 23.0 Å². The number of amides is 2. The van der Waals surface area contributed by atoms with Gasteiger partial charge in [-0.25, -0.2) is 8.42 Å². The van der Waals surface area contributed by atoms with Gasteiger partial charge in [-0.15, -0.1) is 15.3 Å². The fraction of sp³-hybridized carbons (Fsp3) is 0.148. The van der Waals surface area contributed by atoms with Gasteiger partial charge in [0.1, 0.15) is 48.5 Å². The Morgan fingerprint density at radius 2 is 1.00 bits per heavy atom. The zero-order valence-electron chi connectivity index (χ0n) is 41.6. The molecule has 0 aromatic heterocycles. The molecule has 2 amide bonds. The Kier molecular flexibility index (Phi) is 20.4. The van der Waals surface area contributed by atoms with Crippen LogP contribution in [0.3, 0.4) is 0 Å². The number of hydrogen-bond acceptors (Lipinski definition) is 15. The molecule has 0 bridgehead atoms. The SMILES string of the molecule is CCOc1ccc(NC(=O)c2cc3ccccc3c(N=Nc3ccc(CC)c(Cl)c3S(=O)(=O)O)c2O)cc1.CCOc1ccc(NC(=O)c2cc3ccccc3c(N=Nc3ccc(CC)c(Cl)c3S(=O)(=O)[O-])c2[O-])cc1.[Ba+2]. The summed E-state index contributed by atoms with van der Waals surface area (Å²) in [5, 5.41) is 47.5. The van der Waals surface area contributed by atoms with Gasteiger partial charge in [0, 0.05) is 27.7 Å². The Bertz CT molecular complexity index is 3560. The summed E-state index contributed by atoms with van der Waals surface area (Å²) in [7, 11) is -9.74. The van der Waals surface area contributed by atoms with Crippen LogP contribution >= 0.6 is 23.2 Å². The molecule has 23 heteroatoms. The number of aryl methyl sites for hydroxylation is 2. The van der Waals surface area contributed by atoms with Crippen molar-refractivity contribution in [3.8, 4) is 23.0 Å². The van der Waals surface area contributed by atoms with Gasteiger partial charge in [0.05, 0.1) is 34.5 Å². The van der Waals surface area contributed by atoms with E-state index < -0.39 is 53.3 Å². The predicted octanol–water partition coefficient (Wildman–Crippen LogP) is 12.8. The van der Waals surface area contributed by atoms with Crippen molar-refractivity contribution in [3.05, 3.63) is 166 Å². The third-order valence-corrected chi connectivity index (χ3v) is 14.3. The number of hydrogen-bond donors (Lipinski definition) is 4. The summed E-state index contributed by atoms with van der Waals surface area (Å²) in [5.41, 5.74) is 0.841. The summed E-state index contributed by atoms with van der Waals surface area (Å²) in [4.78, 5) is 24.9. The van der Waals surface area contributed by atoms with E-state index in [-0.39, 0.29) is 92.8 Å². The maximum atomic E-state index is 13.4. The number of anilines is 2. The molecule has 0 unspecified atom stereocenters. The van der Waals surface area contributed by atoms with E-state index in [1.54, 1.807) is 117 Å². The van der Waals surface area contributed by atoms with Crippen LogP contribution in [0, 0.1) is 0 Å². The van der Waals surface area contributed by atoms with Crippen LogP contribution in [-0.2, 0) is 33.1 Å². The molecule has 0 atom stereocenters. The number of azo groups is 2. The molecule has 0 saturated heterocycles. The van der Waals surface area contributed by atoms with Crippen LogP contribution in [0.1, 0.15) is 59.5 Å². The smallest absolute Gasteiger partial charge is 0.870 e. The van der Waals surface area contributed by atoms with Gasteiger partial charge in [-0.3, -0.25) is 14.1 Å². The first-order valence-electron chi connectivity index (χ1n) is 23.2. The van der Waals surface area contributed by atoms with E-state index in [0.717, 1.165) is 0 Å². The van der Waals surface area contributed by atoms with Gasteiger partial charge in [-0.05, 0) is 121 Å². The number of aromatic hydroxyl groups is 1. The number of phenols is 1. The van der Waals surface area contributed by atoms with Crippen molar-refractivity contribution in [1.29, 1.82) is 0 Å². The van der Waals surface area contributed by atoms with E-state index in [1.807, 2.05) is 13.8 Å². The minimum atomic E-state index is -5.00. The van der Waals surface area contributed by atoms with E-state index in [0.29, 0.717) is 81.6 Å². The Labute approximate surface area is 493 Å². The van der Waals surface area contributed by atoms with E-state index in [1.165, 1.54) is 30.3 Å². The third-order valence-electron chi connectivity index (χ3n) is 11.4. The number of halogens is 2. The molecule has 4 N–H and O–H groups in total.